The molecule has 1 amide bonds. The number of hydrogen-bond acceptors (Lipinski definition) is 6. The fourth-order valence-electron chi connectivity index (χ4n) is 2.28. The average Bonchev–Trinajstić information content (AvgIpc) is 2.57. The van der Waals surface area contributed by atoms with E-state index >= 15 is 0 Å². The highest BCUT2D eigenvalue weighted by Crippen LogP contribution is 2.15. The van der Waals surface area contributed by atoms with Crippen LogP contribution in [0.5, 0.6) is 0 Å². The van der Waals surface area contributed by atoms with Crippen molar-refractivity contribution in [2.24, 2.45) is 21.7 Å². The van der Waals surface area contributed by atoms with Crippen molar-refractivity contribution in [1.29, 1.82) is 0 Å². The summed E-state index contributed by atoms with van der Waals surface area (Å²) in [6.07, 6.45) is 0.0178. The first-order valence-electron chi connectivity index (χ1n) is 8.60. The third-order valence-electron chi connectivity index (χ3n) is 3.41. The highest BCUT2D eigenvalue weighted by atomic mass is 16.7. The van der Waals surface area contributed by atoms with E-state index in [2.05, 4.69) is 15.5 Å². The minimum absolute atomic E-state index is 0.121. The molecule has 0 heterocycles. The van der Waals surface area contributed by atoms with Gasteiger partial charge in [-0.05, 0) is 26.3 Å². The second-order valence-electron chi connectivity index (χ2n) is 6.91. The number of nitrogens with zero attached hydrogens (tertiary/aromatic N) is 3. The Labute approximate surface area is 164 Å². The molecule has 154 valence electrons. The van der Waals surface area contributed by atoms with Gasteiger partial charge in [-0.2, -0.15) is 5.06 Å². The Hall–Kier alpha value is -2.98. The molecule has 0 saturated heterocycles. The van der Waals surface area contributed by atoms with Gasteiger partial charge in [-0.1, -0.05) is 24.3 Å². The number of carbonyl (C=O) groups is 2. The summed E-state index contributed by atoms with van der Waals surface area (Å²) in [6.45, 7) is 5.05. The summed E-state index contributed by atoms with van der Waals surface area (Å²) in [4.78, 5) is 28.4. The smallest absolute Gasteiger partial charge is 0.306 e. The zero-order valence-electron chi connectivity index (χ0n) is 16.6. The van der Waals surface area contributed by atoms with Crippen LogP contribution in [-0.2, 0) is 20.8 Å². The number of hydroxylamine groups is 2. The molecule has 28 heavy (non-hydrogen) atoms. The molecule has 0 atom stereocenters. The highest BCUT2D eigenvalue weighted by molar-refractivity contribution is 5.97. The first kappa shape index (κ1) is 23.1. The van der Waals surface area contributed by atoms with Crippen LogP contribution in [-0.4, -0.2) is 53.0 Å². The van der Waals surface area contributed by atoms with Crippen LogP contribution >= 0.6 is 0 Å². The van der Waals surface area contributed by atoms with E-state index < -0.39 is 11.6 Å². The van der Waals surface area contributed by atoms with E-state index in [1.807, 2.05) is 0 Å². The lowest BCUT2D eigenvalue weighted by Gasteiger charge is -2.29. The zero-order valence-corrected chi connectivity index (χ0v) is 16.6. The second-order valence-corrected chi connectivity index (χ2v) is 6.91. The second kappa shape index (κ2) is 10.4. The van der Waals surface area contributed by atoms with Crippen molar-refractivity contribution in [3.63, 3.8) is 0 Å². The topological polar surface area (TPSA) is 156 Å². The number of amides is 1. The van der Waals surface area contributed by atoms with Gasteiger partial charge in [0.05, 0.1) is 25.1 Å². The van der Waals surface area contributed by atoms with E-state index in [-0.39, 0.29) is 31.3 Å². The molecule has 0 unspecified atom stereocenters. The Morgan fingerprint density at radius 2 is 1.82 bits per heavy atom. The minimum Gasteiger partial charge on any atom is -0.481 e. The van der Waals surface area contributed by atoms with Crippen molar-refractivity contribution >= 4 is 23.5 Å². The fraction of sp³-hybridized carbons (Fsp3) is 0.444. The molecule has 1 aromatic rings. The van der Waals surface area contributed by atoms with E-state index in [4.69, 9.17) is 21.4 Å². The maximum Gasteiger partial charge on any atom is 0.306 e. The molecule has 10 heteroatoms. The molecular formula is C18H28N6O4. The van der Waals surface area contributed by atoms with Crippen LogP contribution in [0, 0.1) is 0 Å². The predicted octanol–water partition coefficient (Wildman–Crippen LogP) is 0.417. The van der Waals surface area contributed by atoms with Gasteiger partial charge in [0.1, 0.15) is 5.84 Å². The number of nitrogens with two attached hydrogens (primary N) is 2. The molecule has 10 nitrogen and oxygen atoms in total. The maximum absolute atomic E-state index is 12.1. The van der Waals surface area contributed by atoms with Gasteiger partial charge < -0.3 is 21.9 Å². The number of aliphatic carboxylic acids is 1. The van der Waals surface area contributed by atoms with Gasteiger partial charge in [0.25, 0.3) is 0 Å². The van der Waals surface area contributed by atoms with E-state index in [9.17, 15) is 9.59 Å². The summed E-state index contributed by atoms with van der Waals surface area (Å²) in [5.74, 6) is -0.633. The van der Waals surface area contributed by atoms with Crippen molar-refractivity contribution in [3.05, 3.63) is 35.4 Å². The van der Waals surface area contributed by atoms with Crippen molar-refractivity contribution in [3.8, 4) is 0 Å². The first-order valence-corrected chi connectivity index (χ1v) is 8.60. The van der Waals surface area contributed by atoms with E-state index in [1.165, 1.54) is 5.06 Å². The van der Waals surface area contributed by atoms with Crippen molar-refractivity contribution < 1.29 is 19.5 Å². The lowest BCUT2D eigenvalue weighted by molar-refractivity contribution is -0.227. The van der Waals surface area contributed by atoms with Crippen LogP contribution in [0.3, 0.4) is 0 Å². The summed E-state index contributed by atoms with van der Waals surface area (Å²) < 4.78 is 0. The number of carbonyl (C=O) groups excluding carboxylic acids is 1. The van der Waals surface area contributed by atoms with Crippen LogP contribution in [0.1, 0.15) is 38.3 Å². The standard InChI is InChI=1S/C18H28N6O4/c1-12(19)22-23-17(20)14-7-5-13(6-8-14)9-15(25)21-11-24(4)28-18(2,3)10-16(26)27/h5-8H,9-11H2,1-4H3,(H2,19,22)(H2,20,23)(H,21,25)(H,26,27). The summed E-state index contributed by atoms with van der Waals surface area (Å²) in [5.41, 5.74) is 11.8. The number of rotatable bonds is 10. The normalized spacial score (nSPS) is 12.9. The fourth-order valence-corrected chi connectivity index (χ4v) is 2.28. The third kappa shape index (κ3) is 9.10. The molecule has 1 rings (SSSR count). The Bertz CT molecular complexity index is 739. The molecule has 0 radical (unpaired) electrons. The lowest BCUT2D eigenvalue weighted by Crippen LogP contribution is -2.42. The van der Waals surface area contributed by atoms with Crippen molar-refractivity contribution in [2.45, 2.75) is 39.2 Å². The SMILES string of the molecule is C/C(N)=N/N=C(\N)c1ccc(CC(=O)NCN(C)OC(C)(C)CC(=O)O)cc1. The van der Waals surface area contributed by atoms with Gasteiger partial charge in [-0.25, -0.2) is 0 Å². The van der Waals surface area contributed by atoms with Gasteiger partial charge in [-0.3, -0.25) is 14.4 Å². The highest BCUT2D eigenvalue weighted by Gasteiger charge is 2.25. The maximum atomic E-state index is 12.1. The monoisotopic (exact) mass is 392 g/mol. The van der Waals surface area contributed by atoms with Gasteiger partial charge in [-0.15, -0.1) is 10.2 Å². The third-order valence-corrected chi connectivity index (χ3v) is 3.41. The van der Waals surface area contributed by atoms with Gasteiger partial charge in [0, 0.05) is 12.6 Å². The molecule has 0 aliphatic rings. The Balaban J connectivity index is 2.52. The van der Waals surface area contributed by atoms with Crippen LogP contribution < -0.4 is 16.8 Å². The average molecular weight is 392 g/mol. The summed E-state index contributed by atoms with van der Waals surface area (Å²) in [5, 5.41) is 20.5. The quantitative estimate of drug-likeness (QED) is 0.194. The molecule has 0 spiro atoms. The van der Waals surface area contributed by atoms with Crippen LogP contribution in [0.15, 0.2) is 34.5 Å². The first-order chi connectivity index (χ1) is 13.0. The Kier molecular flexibility index (Phi) is 8.55. The molecule has 0 aromatic heterocycles. The molecule has 0 fully saturated rings. The number of carboxylic acids is 1. The molecular weight excluding hydrogens is 364 g/mol. The van der Waals surface area contributed by atoms with Gasteiger partial charge >= 0.3 is 5.97 Å². The summed E-state index contributed by atoms with van der Waals surface area (Å²) in [7, 11) is 1.62. The minimum atomic E-state index is -0.957. The van der Waals surface area contributed by atoms with E-state index in [1.54, 1.807) is 52.1 Å². The number of amidine groups is 2. The largest absolute Gasteiger partial charge is 0.481 e. The van der Waals surface area contributed by atoms with Crippen LogP contribution in [0.25, 0.3) is 0 Å². The molecule has 1 aromatic carbocycles. The number of carboxylic acid groups (broad SMARTS) is 1. The van der Waals surface area contributed by atoms with Crippen molar-refractivity contribution in [2.75, 3.05) is 13.7 Å². The van der Waals surface area contributed by atoms with Gasteiger partial charge in [0.2, 0.25) is 5.91 Å². The van der Waals surface area contributed by atoms with E-state index in [0.717, 1.165) is 5.56 Å². The molecule has 0 bridgehead atoms. The lowest BCUT2D eigenvalue weighted by atomic mass is 10.1. The van der Waals surface area contributed by atoms with Gasteiger partial charge in [0.15, 0.2) is 5.84 Å². The zero-order chi connectivity index (χ0) is 21.3. The molecule has 0 saturated carbocycles. The van der Waals surface area contributed by atoms with Crippen molar-refractivity contribution in [1.82, 2.24) is 10.4 Å². The number of benzene rings is 1. The number of hydrogen-bond donors (Lipinski definition) is 4. The number of nitrogens with one attached hydrogen (secondary N) is 1. The summed E-state index contributed by atoms with van der Waals surface area (Å²) >= 11 is 0. The van der Waals surface area contributed by atoms with Crippen LogP contribution in [0.4, 0.5) is 0 Å². The van der Waals surface area contributed by atoms with Crippen LogP contribution in [0.2, 0.25) is 0 Å². The molecule has 6 N–H and O–H groups in total. The Morgan fingerprint density at radius 1 is 1.21 bits per heavy atom. The summed E-state index contributed by atoms with van der Waals surface area (Å²) in [6, 6.07) is 7.03. The predicted molar refractivity (Wildman–Crippen MR) is 106 cm³/mol. The Morgan fingerprint density at radius 3 is 2.36 bits per heavy atom. The molecule has 0 aliphatic carbocycles. The molecule has 0 aliphatic heterocycles. The van der Waals surface area contributed by atoms with E-state index in [0.29, 0.717) is 11.4 Å².